The molecule has 1 fully saturated rings. The molecular weight excluding hydrogens is 214 g/mol. The fourth-order valence-corrected chi connectivity index (χ4v) is 2.35. The van der Waals surface area contributed by atoms with Crippen LogP contribution in [-0.4, -0.2) is 73.4 Å². The summed E-state index contributed by atoms with van der Waals surface area (Å²) in [6.07, 6.45) is 2.20. The molecule has 1 unspecified atom stereocenters. The minimum absolute atomic E-state index is 0.242. The van der Waals surface area contributed by atoms with E-state index in [9.17, 15) is 5.11 Å². The van der Waals surface area contributed by atoms with E-state index in [4.69, 9.17) is 0 Å². The molecule has 0 aliphatic carbocycles. The summed E-state index contributed by atoms with van der Waals surface area (Å²) in [5.74, 6) is 0. The zero-order chi connectivity index (χ0) is 12.8. The predicted molar refractivity (Wildman–Crippen MR) is 72.3 cm³/mol. The Hall–Kier alpha value is -0.160. The van der Waals surface area contributed by atoms with Gasteiger partial charge in [-0.3, -0.25) is 0 Å². The summed E-state index contributed by atoms with van der Waals surface area (Å²) in [5, 5.41) is 13.2. The van der Waals surface area contributed by atoms with Crippen LogP contribution in [0.1, 0.15) is 26.7 Å². The van der Waals surface area contributed by atoms with Crippen LogP contribution in [0.15, 0.2) is 0 Å². The van der Waals surface area contributed by atoms with Gasteiger partial charge in [0, 0.05) is 25.2 Å². The largest absolute Gasteiger partial charge is 0.390 e. The second-order valence-electron chi connectivity index (χ2n) is 5.71. The van der Waals surface area contributed by atoms with Gasteiger partial charge in [0.15, 0.2) is 0 Å². The highest BCUT2D eigenvalue weighted by Gasteiger charge is 2.21. The molecule has 1 atom stereocenters. The Bertz CT molecular complexity index is 201. The number of piperidine rings is 1. The Morgan fingerprint density at radius 3 is 2.35 bits per heavy atom. The lowest BCUT2D eigenvalue weighted by atomic mass is 10.0. The molecule has 1 heterocycles. The summed E-state index contributed by atoms with van der Waals surface area (Å²) in [7, 11) is 4.31. The quantitative estimate of drug-likeness (QED) is 0.707. The first-order valence-corrected chi connectivity index (χ1v) is 6.79. The van der Waals surface area contributed by atoms with Crippen molar-refractivity contribution in [2.75, 3.05) is 40.3 Å². The standard InChI is InChI=1S/C13H29N3O/c1-11(2)14-9-13(17)10-16-7-5-12(6-8-16)15(3)4/h11-14,17H,5-10H2,1-4H3. The number of nitrogens with one attached hydrogen (secondary N) is 1. The molecule has 0 bridgehead atoms. The van der Waals surface area contributed by atoms with E-state index in [0.29, 0.717) is 12.6 Å². The van der Waals surface area contributed by atoms with Crippen LogP contribution in [0.2, 0.25) is 0 Å². The maximum atomic E-state index is 9.91. The fraction of sp³-hybridized carbons (Fsp3) is 1.00. The maximum Gasteiger partial charge on any atom is 0.0791 e. The number of aliphatic hydroxyl groups excluding tert-OH is 1. The average molecular weight is 243 g/mol. The number of aliphatic hydroxyl groups is 1. The number of β-amino-alcohol motifs (C(OH)–C–C–N with tert-alkyl or cyclic N) is 1. The van der Waals surface area contributed by atoms with Gasteiger partial charge in [0.05, 0.1) is 6.10 Å². The summed E-state index contributed by atoms with van der Waals surface area (Å²) in [6, 6.07) is 1.17. The molecule has 0 saturated carbocycles. The van der Waals surface area contributed by atoms with Crippen LogP contribution >= 0.6 is 0 Å². The third kappa shape index (κ3) is 5.82. The Balaban J connectivity index is 2.17. The van der Waals surface area contributed by atoms with Crippen molar-refractivity contribution >= 4 is 0 Å². The number of likely N-dealkylation sites (tertiary alicyclic amines) is 1. The van der Waals surface area contributed by atoms with Crippen molar-refractivity contribution < 1.29 is 5.11 Å². The summed E-state index contributed by atoms with van der Waals surface area (Å²) in [4.78, 5) is 4.70. The van der Waals surface area contributed by atoms with Gasteiger partial charge in [-0.2, -0.15) is 0 Å². The van der Waals surface area contributed by atoms with Crippen LogP contribution in [0.25, 0.3) is 0 Å². The normalized spacial score (nSPS) is 21.4. The first-order chi connectivity index (χ1) is 7.99. The molecule has 0 aromatic heterocycles. The van der Waals surface area contributed by atoms with Crippen molar-refractivity contribution in [2.45, 2.75) is 44.9 Å². The number of hydrogen-bond donors (Lipinski definition) is 2. The van der Waals surface area contributed by atoms with Gasteiger partial charge < -0.3 is 20.2 Å². The van der Waals surface area contributed by atoms with Crippen molar-refractivity contribution in [1.29, 1.82) is 0 Å². The second kappa shape index (κ2) is 7.31. The first-order valence-electron chi connectivity index (χ1n) is 6.79. The SMILES string of the molecule is CC(C)NCC(O)CN1CCC(N(C)C)CC1. The van der Waals surface area contributed by atoms with Crippen LogP contribution < -0.4 is 5.32 Å². The summed E-state index contributed by atoms with van der Waals surface area (Å²) in [6.45, 7) is 7.94. The Kier molecular flexibility index (Phi) is 6.41. The highest BCUT2D eigenvalue weighted by molar-refractivity contribution is 4.78. The molecule has 0 aromatic rings. The van der Waals surface area contributed by atoms with Gasteiger partial charge in [-0.25, -0.2) is 0 Å². The van der Waals surface area contributed by atoms with E-state index in [2.05, 4.69) is 43.1 Å². The van der Waals surface area contributed by atoms with Crippen molar-refractivity contribution in [3.63, 3.8) is 0 Å². The molecule has 102 valence electrons. The van der Waals surface area contributed by atoms with Crippen LogP contribution in [0.5, 0.6) is 0 Å². The molecule has 1 saturated heterocycles. The zero-order valence-corrected chi connectivity index (χ0v) is 11.8. The molecule has 4 heteroatoms. The lowest BCUT2D eigenvalue weighted by molar-refractivity contribution is 0.0786. The van der Waals surface area contributed by atoms with Crippen molar-refractivity contribution in [3.05, 3.63) is 0 Å². The molecule has 0 aromatic carbocycles. The topological polar surface area (TPSA) is 38.7 Å². The van der Waals surface area contributed by atoms with Gasteiger partial charge in [0.2, 0.25) is 0 Å². The minimum atomic E-state index is -0.242. The van der Waals surface area contributed by atoms with Crippen molar-refractivity contribution in [3.8, 4) is 0 Å². The molecule has 1 aliphatic rings. The molecule has 1 rings (SSSR count). The van der Waals surface area contributed by atoms with E-state index in [1.54, 1.807) is 0 Å². The van der Waals surface area contributed by atoms with E-state index >= 15 is 0 Å². The Morgan fingerprint density at radius 2 is 1.88 bits per heavy atom. The molecule has 4 nitrogen and oxygen atoms in total. The lowest BCUT2D eigenvalue weighted by Crippen LogP contribution is -2.46. The third-order valence-electron chi connectivity index (χ3n) is 3.52. The molecule has 2 N–H and O–H groups in total. The molecular formula is C13H29N3O. The highest BCUT2D eigenvalue weighted by Crippen LogP contribution is 2.14. The second-order valence-corrected chi connectivity index (χ2v) is 5.71. The van der Waals surface area contributed by atoms with Crippen LogP contribution in [0, 0.1) is 0 Å². The highest BCUT2D eigenvalue weighted by atomic mass is 16.3. The molecule has 0 amide bonds. The maximum absolute atomic E-state index is 9.91. The van der Waals surface area contributed by atoms with Gasteiger partial charge in [-0.15, -0.1) is 0 Å². The number of hydrogen-bond acceptors (Lipinski definition) is 4. The predicted octanol–water partition coefficient (Wildman–Crippen LogP) is 0.371. The van der Waals surface area contributed by atoms with Crippen LogP contribution in [0.3, 0.4) is 0 Å². The first kappa shape index (κ1) is 14.9. The van der Waals surface area contributed by atoms with Crippen LogP contribution in [0.4, 0.5) is 0 Å². The van der Waals surface area contributed by atoms with Gasteiger partial charge >= 0.3 is 0 Å². The van der Waals surface area contributed by atoms with Gasteiger partial charge in [-0.1, -0.05) is 13.8 Å². The van der Waals surface area contributed by atoms with Gasteiger partial charge in [-0.05, 0) is 40.0 Å². The number of rotatable bonds is 6. The van der Waals surface area contributed by atoms with E-state index in [0.717, 1.165) is 25.7 Å². The molecule has 1 aliphatic heterocycles. The van der Waals surface area contributed by atoms with E-state index in [1.807, 2.05) is 0 Å². The zero-order valence-electron chi connectivity index (χ0n) is 11.8. The third-order valence-corrected chi connectivity index (χ3v) is 3.52. The summed E-state index contributed by atoms with van der Waals surface area (Å²) < 4.78 is 0. The summed E-state index contributed by atoms with van der Waals surface area (Å²) >= 11 is 0. The summed E-state index contributed by atoms with van der Waals surface area (Å²) in [5.41, 5.74) is 0. The van der Waals surface area contributed by atoms with Gasteiger partial charge in [0.1, 0.15) is 0 Å². The Labute approximate surface area is 106 Å². The minimum Gasteiger partial charge on any atom is -0.390 e. The Morgan fingerprint density at radius 1 is 1.29 bits per heavy atom. The smallest absolute Gasteiger partial charge is 0.0791 e. The monoisotopic (exact) mass is 243 g/mol. The molecule has 0 radical (unpaired) electrons. The lowest BCUT2D eigenvalue weighted by Gasteiger charge is -2.36. The fourth-order valence-electron chi connectivity index (χ4n) is 2.35. The molecule has 17 heavy (non-hydrogen) atoms. The van der Waals surface area contributed by atoms with E-state index < -0.39 is 0 Å². The van der Waals surface area contributed by atoms with Gasteiger partial charge in [0.25, 0.3) is 0 Å². The average Bonchev–Trinajstić information content (AvgIpc) is 2.27. The van der Waals surface area contributed by atoms with Crippen molar-refractivity contribution in [1.82, 2.24) is 15.1 Å². The van der Waals surface area contributed by atoms with E-state index in [-0.39, 0.29) is 6.10 Å². The van der Waals surface area contributed by atoms with Crippen LogP contribution in [-0.2, 0) is 0 Å². The molecule has 0 spiro atoms. The number of nitrogens with zero attached hydrogens (tertiary/aromatic N) is 2. The van der Waals surface area contributed by atoms with E-state index in [1.165, 1.54) is 12.8 Å². The van der Waals surface area contributed by atoms with Crippen molar-refractivity contribution in [2.24, 2.45) is 0 Å².